The summed E-state index contributed by atoms with van der Waals surface area (Å²) < 4.78 is 36.1. The van der Waals surface area contributed by atoms with Gasteiger partial charge < -0.3 is 11.1 Å². The molecule has 0 bridgehead atoms. The van der Waals surface area contributed by atoms with Crippen LogP contribution in [0.4, 0.5) is 15.8 Å². The van der Waals surface area contributed by atoms with E-state index in [1.807, 2.05) is 0 Å². The highest BCUT2D eigenvalue weighted by Gasteiger charge is 2.11. The average Bonchev–Trinajstić information content (AvgIpc) is 2.37. The van der Waals surface area contributed by atoms with E-state index in [1.165, 1.54) is 30.3 Å². The maximum atomic E-state index is 13.2. The third kappa shape index (κ3) is 3.79. The van der Waals surface area contributed by atoms with Crippen LogP contribution in [0, 0.1) is 5.82 Å². The standard InChI is InChI=1S/C14H13FN2O3S/c1-21(19,20)13-4-2-3-12(8-13)17-14(18)9-5-10(15)7-11(16)6-9/h2-8H,16H2,1H3,(H,17,18). The lowest BCUT2D eigenvalue weighted by atomic mass is 10.2. The Morgan fingerprint density at radius 2 is 1.90 bits per heavy atom. The third-order valence-corrected chi connectivity index (χ3v) is 3.81. The van der Waals surface area contributed by atoms with Crippen molar-refractivity contribution < 1.29 is 17.6 Å². The lowest BCUT2D eigenvalue weighted by Crippen LogP contribution is -2.13. The first kappa shape index (κ1) is 15.0. The number of carbonyl (C=O) groups is 1. The van der Waals surface area contributed by atoms with E-state index in [4.69, 9.17) is 5.73 Å². The molecule has 110 valence electrons. The van der Waals surface area contributed by atoms with Gasteiger partial charge >= 0.3 is 0 Å². The van der Waals surface area contributed by atoms with Crippen molar-refractivity contribution in [2.75, 3.05) is 17.3 Å². The number of benzene rings is 2. The summed E-state index contributed by atoms with van der Waals surface area (Å²) in [6.07, 6.45) is 1.07. The fourth-order valence-electron chi connectivity index (χ4n) is 1.75. The zero-order valence-electron chi connectivity index (χ0n) is 11.1. The van der Waals surface area contributed by atoms with Crippen molar-refractivity contribution in [2.45, 2.75) is 4.90 Å². The van der Waals surface area contributed by atoms with E-state index in [1.54, 1.807) is 0 Å². The molecular formula is C14H13FN2O3S. The highest BCUT2D eigenvalue weighted by Crippen LogP contribution is 2.17. The van der Waals surface area contributed by atoms with E-state index in [-0.39, 0.29) is 16.1 Å². The predicted molar refractivity (Wildman–Crippen MR) is 78.3 cm³/mol. The van der Waals surface area contributed by atoms with Crippen LogP contribution in [0.1, 0.15) is 10.4 Å². The van der Waals surface area contributed by atoms with Gasteiger partial charge in [0, 0.05) is 23.2 Å². The van der Waals surface area contributed by atoms with E-state index in [0.717, 1.165) is 18.4 Å². The van der Waals surface area contributed by atoms with E-state index in [9.17, 15) is 17.6 Å². The zero-order valence-corrected chi connectivity index (χ0v) is 11.9. The topological polar surface area (TPSA) is 89.3 Å². The molecule has 0 aliphatic carbocycles. The zero-order chi connectivity index (χ0) is 15.6. The van der Waals surface area contributed by atoms with Gasteiger partial charge in [-0.1, -0.05) is 6.07 Å². The van der Waals surface area contributed by atoms with Gasteiger partial charge in [0.2, 0.25) is 0 Å². The molecule has 0 aromatic heterocycles. The Labute approximate surface area is 121 Å². The molecule has 5 nitrogen and oxygen atoms in total. The first-order valence-electron chi connectivity index (χ1n) is 5.93. The van der Waals surface area contributed by atoms with E-state index in [2.05, 4.69) is 5.32 Å². The lowest BCUT2D eigenvalue weighted by molar-refractivity contribution is 0.102. The van der Waals surface area contributed by atoms with Gasteiger partial charge in [-0.2, -0.15) is 0 Å². The summed E-state index contributed by atoms with van der Waals surface area (Å²) in [5.74, 6) is -1.20. The number of carbonyl (C=O) groups excluding carboxylic acids is 1. The molecule has 21 heavy (non-hydrogen) atoms. The van der Waals surface area contributed by atoms with Crippen LogP contribution in [-0.4, -0.2) is 20.6 Å². The number of hydrogen-bond donors (Lipinski definition) is 2. The van der Waals surface area contributed by atoms with Crippen LogP contribution in [0.2, 0.25) is 0 Å². The minimum absolute atomic E-state index is 0.0530. The number of nitrogens with two attached hydrogens (primary N) is 1. The largest absolute Gasteiger partial charge is 0.399 e. The first-order valence-corrected chi connectivity index (χ1v) is 7.82. The minimum Gasteiger partial charge on any atom is -0.399 e. The summed E-state index contributed by atoms with van der Waals surface area (Å²) in [6, 6.07) is 9.27. The van der Waals surface area contributed by atoms with Crippen molar-refractivity contribution in [3.63, 3.8) is 0 Å². The van der Waals surface area contributed by atoms with Gasteiger partial charge in [0.15, 0.2) is 9.84 Å². The van der Waals surface area contributed by atoms with Crippen LogP contribution < -0.4 is 11.1 Å². The maximum Gasteiger partial charge on any atom is 0.255 e. The van der Waals surface area contributed by atoms with Gasteiger partial charge in [-0.15, -0.1) is 0 Å². The number of anilines is 2. The monoisotopic (exact) mass is 308 g/mol. The van der Waals surface area contributed by atoms with Crippen molar-refractivity contribution in [3.8, 4) is 0 Å². The number of nitrogen functional groups attached to an aromatic ring is 1. The fourth-order valence-corrected chi connectivity index (χ4v) is 2.42. The predicted octanol–water partition coefficient (Wildman–Crippen LogP) is 2.06. The lowest BCUT2D eigenvalue weighted by Gasteiger charge is -2.07. The molecule has 0 fully saturated rings. The number of sulfone groups is 1. The Kier molecular flexibility index (Phi) is 3.95. The molecule has 0 aliphatic rings. The molecule has 7 heteroatoms. The fraction of sp³-hybridized carbons (Fsp3) is 0.0714. The molecule has 0 atom stereocenters. The van der Waals surface area contributed by atoms with Gasteiger partial charge in [0.1, 0.15) is 5.82 Å². The molecular weight excluding hydrogens is 295 g/mol. The molecule has 2 aromatic carbocycles. The van der Waals surface area contributed by atoms with Gasteiger partial charge in [0.05, 0.1) is 4.90 Å². The van der Waals surface area contributed by atoms with Crippen molar-refractivity contribution in [2.24, 2.45) is 0 Å². The molecule has 0 unspecified atom stereocenters. The molecule has 3 N–H and O–H groups in total. The summed E-state index contributed by atoms with van der Waals surface area (Å²) >= 11 is 0. The second kappa shape index (κ2) is 5.53. The second-order valence-corrected chi connectivity index (χ2v) is 6.54. The molecule has 1 amide bonds. The SMILES string of the molecule is CS(=O)(=O)c1cccc(NC(=O)c2cc(N)cc(F)c2)c1. The number of hydrogen-bond acceptors (Lipinski definition) is 4. The second-order valence-electron chi connectivity index (χ2n) is 4.53. The van der Waals surface area contributed by atoms with Crippen LogP contribution in [-0.2, 0) is 9.84 Å². The summed E-state index contributed by atoms with van der Waals surface area (Å²) in [5, 5.41) is 2.50. The van der Waals surface area contributed by atoms with Gasteiger partial charge in [-0.25, -0.2) is 12.8 Å². The van der Waals surface area contributed by atoms with Crippen LogP contribution in [0.15, 0.2) is 47.4 Å². The van der Waals surface area contributed by atoms with Crippen molar-refractivity contribution >= 4 is 27.1 Å². The Morgan fingerprint density at radius 1 is 1.19 bits per heavy atom. The van der Waals surface area contributed by atoms with E-state index >= 15 is 0 Å². The molecule has 0 heterocycles. The van der Waals surface area contributed by atoms with Gasteiger partial charge in [0.25, 0.3) is 5.91 Å². The van der Waals surface area contributed by atoms with Gasteiger partial charge in [-0.3, -0.25) is 4.79 Å². The Bertz CT molecular complexity index is 783. The van der Waals surface area contributed by atoms with E-state index in [0.29, 0.717) is 5.69 Å². The molecule has 2 aromatic rings. The number of amides is 1. The summed E-state index contributed by atoms with van der Waals surface area (Å²) in [5.41, 5.74) is 5.95. The maximum absolute atomic E-state index is 13.2. The van der Waals surface area contributed by atoms with Crippen LogP contribution in [0.5, 0.6) is 0 Å². The number of nitrogens with one attached hydrogen (secondary N) is 1. The molecule has 0 saturated carbocycles. The summed E-state index contributed by atoms with van der Waals surface area (Å²) in [4.78, 5) is 12.1. The van der Waals surface area contributed by atoms with Crippen molar-refractivity contribution in [1.29, 1.82) is 0 Å². The summed E-state index contributed by atoms with van der Waals surface area (Å²) in [6.45, 7) is 0. The first-order chi connectivity index (χ1) is 9.75. The summed E-state index contributed by atoms with van der Waals surface area (Å²) in [7, 11) is -3.37. The average molecular weight is 308 g/mol. The smallest absolute Gasteiger partial charge is 0.255 e. The van der Waals surface area contributed by atoms with Gasteiger partial charge in [-0.05, 0) is 36.4 Å². The third-order valence-electron chi connectivity index (χ3n) is 2.70. The quantitative estimate of drug-likeness (QED) is 0.849. The number of halogens is 1. The van der Waals surface area contributed by atoms with Crippen LogP contribution >= 0.6 is 0 Å². The highest BCUT2D eigenvalue weighted by atomic mass is 32.2. The Hall–Kier alpha value is -2.41. The highest BCUT2D eigenvalue weighted by molar-refractivity contribution is 7.90. The van der Waals surface area contributed by atoms with E-state index < -0.39 is 21.6 Å². The molecule has 0 saturated heterocycles. The number of rotatable bonds is 3. The Morgan fingerprint density at radius 3 is 2.52 bits per heavy atom. The minimum atomic E-state index is -3.37. The molecule has 0 radical (unpaired) electrons. The van der Waals surface area contributed by atoms with Crippen molar-refractivity contribution in [3.05, 3.63) is 53.8 Å². The van der Waals surface area contributed by atoms with Crippen molar-refractivity contribution in [1.82, 2.24) is 0 Å². The Balaban J connectivity index is 2.28. The normalized spacial score (nSPS) is 11.1. The van der Waals surface area contributed by atoms with Crippen LogP contribution in [0.25, 0.3) is 0 Å². The molecule has 2 rings (SSSR count). The molecule has 0 spiro atoms. The molecule has 0 aliphatic heterocycles. The van der Waals surface area contributed by atoms with Crippen LogP contribution in [0.3, 0.4) is 0 Å².